The highest BCUT2D eigenvalue weighted by molar-refractivity contribution is 6.33. The molecule has 0 spiro atoms. The Morgan fingerprint density at radius 1 is 1.30 bits per heavy atom. The van der Waals surface area contributed by atoms with Gasteiger partial charge < -0.3 is 5.32 Å². The Balaban J connectivity index is 1.37. The van der Waals surface area contributed by atoms with Crippen molar-refractivity contribution in [3.05, 3.63) is 52.1 Å². The Kier molecular flexibility index (Phi) is 5.22. The van der Waals surface area contributed by atoms with E-state index >= 15 is 0 Å². The fraction of sp³-hybridized carbons (Fsp3) is 0.524. The highest BCUT2D eigenvalue weighted by atomic mass is 35.5. The zero-order valence-electron chi connectivity index (χ0n) is 15.5. The second kappa shape index (κ2) is 7.63. The molecule has 27 heavy (non-hydrogen) atoms. The summed E-state index contributed by atoms with van der Waals surface area (Å²) in [6.45, 7) is 2.88. The van der Waals surface area contributed by atoms with Crippen LogP contribution in [0.4, 0.5) is 4.39 Å². The first-order valence-electron chi connectivity index (χ1n) is 9.77. The summed E-state index contributed by atoms with van der Waals surface area (Å²) in [5.74, 6) is 2.12. The second-order valence-corrected chi connectivity index (χ2v) is 8.37. The summed E-state index contributed by atoms with van der Waals surface area (Å²) >= 11 is 6.43. The maximum absolute atomic E-state index is 13.1. The van der Waals surface area contributed by atoms with Gasteiger partial charge in [0.1, 0.15) is 11.0 Å². The fourth-order valence-corrected chi connectivity index (χ4v) is 5.19. The van der Waals surface area contributed by atoms with Crippen LogP contribution in [0.5, 0.6) is 0 Å². The van der Waals surface area contributed by atoms with Gasteiger partial charge >= 0.3 is 0 Å². The Hall–Kier alpha value is -1.88. The Bertz CT molecular complexity index is 833. The Morgan fingerprint density at radius 2 is 2.07 bits per heavy atom. The molecule has 144 valence electrons. The van der Waals surface area contributed by atoms with Crippen molar-refractivity contribution in [1.82, 2.24) is 15.1 Å². The van der Waals surface area contributed by atoms with Crippen LogP contribution in [0.2, 0.25) is 5.15 Å². The second-order valence-electron chi connectivity index (χ2n) is 8.01. The lowest BCUT2D eigenvalue weighted by Gasteiger charge is -2.21. The summed E-state index contributed by atoms with van der Waals surface area (Å²) in [5, 5.41) is 7.75. The van der Waals surface area contributed by atoms with Crippen molar-refractivity contribution < 1.29 is 9.18 Å². The largest absolute Gasteiger partial charge is 0.352 e. The molecule has 4 nitrogen and oxygen atoms in total. The number of aromatic nitrogens is 2. The number of carbonyl (C=O) groups is 1. The highest BCUT2D eigenvalue weighted by Crippen LogP contribution is 2.49. The number of rotatable bonds is 6. The van der Waals surface area contributed by atoms with Crippen LogP contribution in [-0.4, -0.2) is 22.2 Å². The number of benzene rings is 1. The van der Waals surface area contributed by atoms with Crippen LogP contribution in [0.1, 0.15) is 53.7 Å². The number of carbonyl (C=O) groups excluding carboxylic acids is 1. The molecule has 1 N–H and O–H groups in total. The molecule has 1 aromatic heterocycles. The van der Waals surface area contributed by atoms with Crippen LogP contribution < -0.4 is 5.32 Å². The molecule has 2 fully saturated rings. The molecule has 0 saturated heterocycles. The van der Waals surface area contributed by atoms with Crippen LogP contribution in [0.15, 0.2) is 24.3 Å². The maximum atomic E-state index is 13.1. The minimum Gasteiger partial charge on any atom is -0.352 e. The Labute approximate surface area is 164 Å². The van der Waals surface area contributed by atoms with E-state index in [1.807, 2.05) is 0 Å². The van der Waals surface area contributed by atoms with Gasteiger partial charge in [0.15, 0.2) is 0 Å². The summed E-state index contributed by atoms with van der Waals surface area (Å²) in [6.07, 6.45) is 6.53. The zero-order chi connectivity index (χ0) is 19.0. The SMILES string of the molecule is Cc1nn(Cc2ccc(F)cc2)c(Cl)c1C(=O)NCCC1CC2CCC1C2. The van der Waals surface area contributed by atoms with Gasteiger partial charge in [-0.25, -0.2) is 9.07 Å². The molecule has 2 aromatic rings. The van der Waals surface area contributed by atoms with Gasteiger partial charge in [-0.1, -0.05) is 30.2 Å². The molecule has 0 radical (unpaired) electrons. The van der Waals surface area contributed by atoms with E-state index in [0.717, 1.165) is 29.7 Å². The molecular weight excluding hydrogens is 365 g/mol. The standard InChI is InChI=1S/C21H25ClFN3O/c1-13-19(20(22)26(25-13)12-14-3-6-18(23)7-4-14)21(27)24-9-8-17-11-15-2-5-16(17)10-15/h3-4,6-7,15-17H,2,5,8-12H2,1H3,(H,24,27). The third kappa shape index (κ3) is 3.88. The number of fused-ring (bicyclic) bond motifs is 2. The topological polar surface area (TPSA) is 46.9 Å². The number of hydrogen-bond donors (Lipinski definition) is 1. The lowest BCUT2D eigenvalue weighted by molar-refractivity contribution is 0.0949. The lowest BCUT2D eigenvalue weighted by atomic mass is 9.86. The molecule has 0 aliphatic heterocycles. The molecule has 1 aromatic carbocycles. The first-order valence-corrected chi connectivity index (χ1v) is 10.1. The lowest BCUT2D eigenvalue weighted by Crippen LogP contribution is -2.27. The van der Waals surface area contributed by atoms with E-state index in [4.69, 9.17) is 11.6 Å². The number of hydrogen-bond acceptors (Lipinski definition) is 2. The molecule has 4 rings (SSSR count). The normalized spacial score (nSPS) is 23.7. The molecule has 1 heterocycles. The number of halogens is 2. The highest BCUT2D eigenvalue weighted by Gasteiger charge is 2.38. The summed E-state index contributed by atoms with van der Waals surface area (Å²) in [5.41, 5.74) is 1.93. The predicted octanol–water partition coefficient (Wildman–Crippen LogP) is 4.59. The fourth-order valence-electron chi connectivity index (χ4n) is 4.87. The Morgan fingerprint density at radius 3 is 2.74 bits per heavy atom. The van der Waals surface area contributed by atoms with Crippen molar-refractivity contribution in [3.8, 4) is 0 Å². The van der Waals surface area contributed by atoms with Crippen molar-refractivity contribution in [1.29, 1.82) is 0 Å². The van der Waals surface area contributed by atoms with Gasteiger partial charge in [0.25, 0.3) is 5.91 Å². The zero-order valence-corrected chi connectivity index (χ0v) is 16.3. The van der Waals surface area contributed by atoms with Gasteiger partial charge in [0, 0.05) is 6.54 Å². The van der Waals surface area contributed by atoms with E-state index in [-0.39, 0.29) is 11.7 Å². The van der Waals surface area contributed by atoms with Gasteiger partial charge in [0.05, 0.1) is 17.8 Å². The van der Waals surface area contributed by atoms with Crippen LogP contribution in [0.3, 0.4) is 0 Å². The molecular formula is C21H25ClFN3O. The third-order valence-electron chi connectivity index (χ3n) is 6.22. The summed E-state index contributed by atoms with van der Waals surface area (Å²) in [4.78, 5) is 12.6. The van der Waals surface area contributed by atoms with Gasteiger partial charge in [-0.3, -0.25) is 4.79 Å². The van der Waals surface area contributed by atoms with E-state index in [1.54, 1.807) is 23.7 Å². The number of amides is 1. The monoisotopic (exact) mass is 389 g/mol. The van der Waals surface area contributed by atoms with Crippen LogP contribution in [0, 0.1) is 30.5 Å². The van der Waals surface area contributed by atoms with Gasteiger partial charge in [-0.2, -0.15) is 5.10 Å². The molecule has 2 bridgehead atoms. The molecule has 6 heteroatoms. The maximum Gasteiger partial charge on any atom is 0.256 e. The number of nitrogens with one attached hydrogen (secondary N) is 1. The third-order valence-corrected chi connectivity index (χ3v) is 6.61. The average Bonchev–Trinajstić information content (AvgIpc) is 3.32. The molecule has 2 aliphatic carbocycles. The van der Waals surface area contributed by atoms with Crippen molar-refractivity contribution in [3.63, 3.8) is 0 Å². The minimum absolute atomic E-state index is 0.161. The number of nitrogens with zero attached hydrogens (tertiary/aromatic N) is 2. The summed E-state index contributed by atoms with van der Waals surface area (Å²) in [7, 11) is 0. The van der Waals surface area contributed by atoms with E-state index in [0.29, 0.717) is 29.5 Å². The number of aryl methyl sites for hydroxylation is 1. The van der Waals surface area contributed by atoms with E-state index in [2.05, 4.69) is 10.4 Å². The molecule has 2 saturated carbocycles. The summed E-state index contributed by atoms with van der Waals surface area (Å²) in [6, 6.07) is 6.20. The van der Waals surface area contributed by atoms with Crippen molar-refractivity contribution >= 4 is 17.5 Å². The van der Waals surface area contributed by atoms with Gasteiger partial charge in [-0.05, 0) is 68.1 Å². The van der Waals surface area contributed by atoms with Gasteiger partial charge in [-0.15, -0.1) is 0 Å². The predicted molar refractivity (Wildman–Crippen MR) is 103 cm³/mol. The first kappa shape index (κ1) is 18.5. The van der Waals surface area contributed by atoms with E-state index in [1.165, 1.54) is 37.8 Å². The summed E-state index contributed by atoms with van der Waals surface area (Å²) < 4.78 is 14.6. The molecule has 1 amide bonds. The van der Waals surface area contributed by atoms with Crippen molar-refractivity contribution in [2.45, 2.75) is 45.6 Å². The van der Waals surface area contributed by atoms with Gasteiger partial charge in [0.2, 0.25) is 0 Å². The van der Waals surface area contributed by atoms with Crippen molar-refractivity contribution in [2.24, 2.45) is 17.8 Å². The minimum atomic E-state index is -0.281. The molecule has 2 aliphatic rings. The molecule has 3 atom stereocenters. The van der Waals surface area contributed by atoms with E-state index < -0.39 is 0 Å². The first-order chi connectivity index (χ1) is 13.0. The van der Waals surface area contributed by atoms with E-state index in [9.17, 15) is 9.18 Å². The van der Waals surface area contributed by atoms with Crippen molar-refractivity contribution in [2.75, 3.05) is 6.54 Å². The quantitative estimate of drug-likeness (QED) is 0.785. The smallest absolute Gasteiger partial charge is 0.256 e. The van der Waals surface area contributed by atoms with Crippen LogP contribution in [-0.2, 0) is 6.54 Å². The molecule has 3 unspecified atom stereocenters. The van der Waals surface area contributed by atoms with Crippen LogP contribution in [0.25, 0.3) is 0 Å². The average molecular weight is 390 g/mol. The van der Waals surface area contributed by atoms with Crippen LogP contribution >= 0.6 is 11.6 Å².